The number of halogens is 3. The number of likely N-dealkylation sites (tertiary alicyclic amines) is 1. The van der Waals surface area contributed by atoms with Gasteiger partial charge in [0, 0.05) is 32.0 Å². The molecule has 1 aliphatic carbocycles. The number of aryl methyl sites for hydroxylation is 2. The molecule has 5 heterocycles. The van der Waals surface area contributed by atoms with Crippen molar-refractivity contribution in [2.75, 3.05) is 27.3 Å². The average molecular weight is 461 g/mol. The number of hydrogen-bond donors (Lipinski definition) is 0. The number of alkyl halides is 3. The van der Waals surface area contributed by atoms with Crippen molar-refractivity contribution in [3.8, 4) is 11.6 Å². The standard InChI is InChI=1S/C15H18N4.C8H8F3NO2/c1-2-10-3-4-16-15-14(10)19(5-1)13(17-15)9-18-7-11-6-12(11)8-18;1-13-6-3-5(8(9,10)11)4-12-7(6)14-2/h3-4,11-12H,1-2,5-9H2;3-4H,1-2H3. The third-order valence-electron chi connectivity index (χ3n) is 6.61. The van der Waals surface area contributed by atoms with Crippen molar-refractivity contribution in [1.82, 2.24) is 24.4 Å². The van der Waals surface area contributed by atoms with E-state index in [0.717, 1.165) is 36.6 Å². The second kappa shape index (κ2) is 8.48. The molecule has 1 saturated heterocycles. The number of piperidine rings is 1. The molecule has 3 aliphatic rings. The fraction of sp³-hybridized carbons (Fsp3) is 0.522. The fourth-order valence-corrected chi connectivity index (χ4v) is 4.87. The molecule has 2 aliphatic heterocycles. The molecule has 0 amide bonds. The lowest BCUT2D eigenvalue weighted by Gasteiger charge is -2.20. The summed E-state index contributed by atoms with van der Waals surface area (Å²) in [6.45, 7) is 4.70. The summed E-state index contributed by atoms with van der Waals surface area (Å²) in [5.74, 6) is 3.22. The molecule has 2 unspecified atom stereocenters. The number of hydrogen-bond acceptors (Lipinski definition) is 6. The van der Waals surface area contributed by atoms with Crippen molar-refractivity contribution in [2.45, 2.75) is 38.5 Å². The first kappa shape index (κ1) is 21.9. The third kappa shape index (κ3) is 4.36. The maximum absolute atomic E-state index is 12.2. The van der Waals surface area contributed by atoms with Crippen LogP contribution in [0.4, 0.5) is 13.2 Å². The van der Waals surface area contributed by atoms with Crippen LogP contribution in [0.5, 0.6) is 11.6 Å². The minimum absolute atomic E-state index is 0.0282. The topological polar surface area (TPSA) is 65.3 Å². The number of aromatic nitrogens is 4. The lowest BCUT2D eigenvalue weighted by atomic mass is 10.1. The average Bonchev–Trinajstić information content (AvgIpc) is 3.26. The van der Waals surface area contributed by atoms with Gasteiger partial charge in [0.05, 0.1) is 31.8 Å². The highest BCUT2D eigenvalue weighted by atomic mass is 19.4. The molecule has 0 radical (unpaired) electrons. The van der Waals surface area contributed by atoms with Crippen molar-refractivity contribution < 1.29 is 22.6 Å². The first-order valence-electron chi connectivity index (χ1n) is 11.1. The number of rotatable bonds is 4. The molecule has 2 fully saturated rings. The van der Waals surface area contributed by atoms with Crippen LogP contribution >= 0.6 is 0 Å². The van der Waals surface area contributed by atoms with E-state index < -0.39 is 11.7 Å². The van der Waals surface area contributed by atoms with E-state index in [2.05, 4.69) is 30.2 Å². The molecule has 33 heavy (non-hydrogen) atoms. The largest absolute Gasteiger partial charge is 0.491 e. The van der Waals surface area contributed by atoms with Crippen LogP contribution < -0.4 is 9.47 Å². The predicted octanol–water partition coefficient (Wildman–Crippen LogP) is 3.95. The molecular formula is C23H26F3N5O2. The Labute approximate surface area is 189 Å². The van der Waals surface area contributed by atoms with Gasteiger partial charge >= 0.3 is 6.18 Å². The monoisotopic (exact) mass is 461 g/mol. The van der Waals surface area contributed by atoms with Gasteiger partial charge in [-0.25, -0.2) is 15.0 Å². The molecule has 3 aromatic heterocycles. The molecule has 6 rings (SSSR count). The number of methoxy groups -OCH3 is 2. The van der Waals surface area contributed by atoms with Crippen molar-refractivity contribution in [3.05, 3.63) is 41.5 Å². The van der Waals surface area contributed by atoms with Gasteiger partial charge in [0.25, 0.3) is 5.88 Å². The molecule has 0 aromatic carbocycles. The maximum atomic E-state index is 12.2. The summed E-state index contributed by atoms with van der Waals surface area (Å²) in [6.07, 6.45) is 2.07. The lowest BCUT2D eigenvalue weighted by molar-refractivity contribution is -0.138. The molecule has 2 atom stereocenters. The van der Waals surface area contributed by atoms with E-state index in [0.29, 0.717) is 6.20 Å². The summed E-state index contributed by atoms with van der Waals surface area (Å²) >= 11 is 0. The Morgan fingerprint density at radius 2 is 1.91 bits per heavy atom. The van der Waals surface area contributed by atoms with E-state index in [9.17, 15) is 13.2 Å². The number of pyridine rings is 2. The van der Waals surface area contributed by atoms with Gasteiger partial charge in [-0.1, -0.05) is 0 Å². The van der Waals surface area contributed by atoms with Crippen molar-refractivity contribution in [2.24, 2.45) is 11.8 Å². The molecule has 0 spiro atoms. The fourth-order valence-electron chi connectivity index (χ4n) is 4.87. The van der Waals surface area contributed by atoms with Crippen molar-refractivity contribution >= 4 is 11.2 Å². The third-order valence-corrected chi connectivity index (χ3v) is 6.61. The van der Waals surface area contributed by atoms with Crippen LogP contribution in [0.3, 0.4) is 0 Å². The molecule has 176 valence electrons. The Morgan fingerprint density at radius 1 is 1.12 bits per heavy atom. The molecule has 3 aromatic rings. The van der Waals surface area contributed by atoms with E-state index in [1.807, 2.05) is 6.20 Å². The van der Waals surface area contributed by atoms with Gasteiger partial charge in [-0.3, -0.25) is 4.90 Å². The normalized spacial score (nSPS) is 21.4. The minimum Gasteiger partial charge on any atom is -0.491 e. The smallest absolute Gasteiger partial charge is 0.418 e. The molecule has 10 heteroatoms. The van der Waals surface area contributed by atoms with Crippen LogP contribution in [0.1, 0.15) is 29.8 Å². The van der Waals surface area contributed by atoms with Gasteiger partial charge < -0.3 is 14.0 Å². The van der Waals surface area contributed by atoms with E-state index in [1.165, 1.54) is 63.5 Å². The predicted molar refractivity (Wildman–Crippen MR) is 115 cm³/mol. The summed E-state index contributed by atoms with van der Waals surface area (Å²) < 4.78 is 48.4. The molecule has 1 saturated carbocycles. The molecular weight excluding hydrogens is 435 g/mol. The van der Waals surface area contributed by atoms with Gasteiger partial charge in [-0.05, 0) is 48.8 Å². The van der Waals surface area contributed by atoms with E-state index in [1.54, 1.807) is 0 Å². The van der Waals surface area contributed by atoms with Crippen molar-refractivity contribution in [1.29, 1.82) is 0 Å². The Hall–Kier alpha value is -2.88. The van der Waals surface area contributed by atoms with Crippen LogP contribution in [0.25, 0.3) is 11.2 Å². The zero-order valence-electron chi connectivity index (χ0n) is 18.6. The lowest BCUT2D eigenvalue weighted by Crippen LogP contribution is -2.24. The number of ether oxygens (including phenoxy) is 2. The van der Waals surface area contributed by atoms with Gasteiger partial charge in [0.1, 0.15) is 5.82 Å². The first-order valence-corrected chi connectivity index (χ1v) is 11.1. The summed E-state index contributed by atoms with van der Waals surface area (Å²) in [5.41, 5.74) is 2.82. The maximum Gasteiger partial charge on any atom is 0.418 e. The Bertz CT molecular complexity index is 1150. The highest BCUT2D eigenvalue weighted by Gasteiger charge is 2.45. The number of imidazole rings is 1. The van der Waals surface area contributed by atoms with Gasteiger partial charge in [0.15, 0.2) is 11.4 Å². The van der Waals surface area contributed by atoms with Gasteiger partial charge in [-0.15, -0.1) is 0 Å². The van der Waals surface area contributed by atoms with Crippen molar-refractivity contribution in [3.63, 3.8) is 0 Å². The minimum atomic E-state index is -4.42. The summed E-state index contributed by atoms with van der Waals surface area (Å²) in [4.78, 5) is 15.3. The second-order valence-electron chi connectivity index (χ2n) is 8.81. The number of nitrogens with zero attached hydrogens (tertiary/aromatic N) is 5. The summed E-state index contributed by atoms with van der Waals surface area (Å²) in [7, 11) is 2.55. The van der Waals surface area contributed by atoms with E-state index in [4.69, 9.17) is 9.72 Å². The Morgan fingerprint density at radius 3 is 2.61 bits per heavy atom. The quantitative estimate of drug-likeness (QED) is 0.586. The first-order chi connectivity index (χ1) is 15.9. The molecule has 0 N–H and O–H groups in total. The Kier molecular flexibility index (Phi) is 5.64. The Balaban J connectivity index is 0.000000147. The van der Waals surface area contributed by atoms with Gasteiger partial charge in [0.2, 0.25) is 0 Å². The highest BCUT2D eigenvalue weighted by Crippen LogP contribution is 2.45. The zero-order valence-corrected chi connectivity index (χ0v) is 18.6. The summed E-state index contributed by atoms with van der Waals surface area (Å²) in [5, 5.41) is 0. The molecule has 0 bridgehead atoms. The van der Waals surface area contributed by atoms with Crippen LogP contribution in [-0.2, 0) is 25.7 Å². The SMILES string of the molecule is COc1cc(C(F)(F)F)cnc1OC.c1cc2c3c(n1)nc(CN1CC4CC4C1)n3CCC2. The zero-order chi connectivity index (χ0) is 23.2. The second-order valence-corrected chi connectivity index (χ2v) is 8.81. The number of fused-ring (bicyclic) bond motifs is 1. The molecule has 7 nitrogen and oxygen atoms in total. The van der Waals surface area contributed by atoms with E-state index >= 15 is 0 Å². The van der Waals surface area contributed by atoms with Gasteiger partial charge in [-0.2, -0.15) is 13.2 Å². The van der Waals surface area contributed by atoms with Crippen LogP contribution in [-0.4, -0.2) is 51.7 Å². The summed E-state index contributed by atoms with van der Waals surface area (Å²) in [6, 6.07) is 3.00. The highest BCUT2D eigenvalue weighted by molar-refractivity contribution is 5.76. The van der Waals surface area contributed by atoms with Crippen LogP contribution in [0.2, 0.25) is 0 Å². The van der Waals surface area contributed by atoms with Crippen LogP contribution in [0, 0.1) is 11.8 Å². The van der Waals surface area contributed by atoms with E-state index in [-0.39, 0.29) is 11.6 Å². The van der Waals surface area contributed by atoms with Crippen LogP contribution in [0.15, 0.2) is 24.5 Å².